The Labute approximate surface area is 672 Å². The molecule has 7 atom stereocenters. The van der Waals surface area contributed by atoms with Gasteiger partial charge in [-0.1, -0.05) is 86.6 Å². The number of carbonyl (C=O) groups excluding carboxylic acids is 4. The predicted octanol–water partition coefficient (Wildman–Crippen LogP) is 13.2. The van der Waals surface area contributed by atoms with E-state index in [9.17, 15) is 75.1 Å². The van der Waals surface area contributed by atoms with Crippen molar-refractivity contribution in [3.05, 3.63) is 269 Å². The van der Waals surface area contributed by atoms with Crippen molar-refractivity contribution in [2.24, 2.45) is 22.0 Å². The van der Waals surface area contributed by atoms with Crippen LogP contribution in [-0.4, -0.2) is 37.8 Å². The maximum Gasteiger partial charge on any atom is 0.272 e. The van der Waals surface area contributed by atoms with E-state index < -0.39 is 102 Å². The number of rotatable bonds is 17. The van der Waals surface area contributed by atoms with E-state index in [1.165, 1.54) is 62.8 Å². The lowest BCUT2D eigenvalue weighted by molar-refractivity contribution is 0.0950. The number of methoxy groups -OCH3 is 2. The van der Waals surface area contributed by atoms with Gasteiger partial charge in [0.05, 0.1) is 102 Å². The summed E-state index contributed by atoms with van der Waals surface area (Å²) < 4.78 is 83.8. The van der Waals surface area contributed by atoms with Crippen molar-refractivity contribution in [3.63, 3.8) is 0 Å². The number of ether oxygens (including phenoxy) is 2. The van der Waals surface area contributed by atoms with E-state index in [4.69, 9.17) is 28.5 Å². The van der Waals surface area contributed by atoms with Crippen LogP contribution in [0.5, 0.6) is 11.5 Å². The van der Waals surface area contributed by atoms with Crippen LogP contribution in [0.1, 0.15) is 231 Å². The number of furan rings is 3. The molecule has 4 aliphatic rings. The summed E-state index contributed by atoms with van der Waals surface area (Å²) in [5.41, 5.74) is 1.49. The fourth-order valence-corrected chi connectivity index (χ4v) is 13.8. The first-order valence-corrected chi connectivity index (χ1v) is 36.8. The number of hydrogen-bond donors (Lipinski definition) is 11. The van der Waals surface area contributed by atoms with Crippen LogP contribution in [0.25, 0.3) is 0 Å². The molecule has 0 radical (unpaired) electrons. The molecule has 11 aromatic rings. The van der Waals surface area contributed by atoms with Crippen molar-refractivity contribution < 1.29 is 59.5 Å². The second-order valence-electron chi connectivity index (χ2n) is 31.9. The molecule has 8 aromatic carbocycles. The van der Waals surface area contributed by atoms with Gasteiger partial charge in [0, 0.05) is 0 Å². The normalized spacial score (nSPS) is 16.4. The Hall–Kier alpha value is -12.7. The van der Waals surface area contributed by atoms with Crippen LogP contribution in [0.15, 0.2) is 137 Å². The molecular weight excluding hydrogens is 1550 g/mol. The molecule has 0 fully saturated rings. The monoisotopic (exact) mass is 1630 g/mol. The molecule has 0 spiro atoms. The second kappa shape index (κ2) is 32.9. The molecule has 33 heteroatoms. The number of nitrogens with one attached hydrogen (secondary N) is 10. The molecule has 0 bridgehead atoms. The van der Waals surface area contributed by atoms with Gasteiger partial charge in [-0.15, -0.1) is 12.4 Å². The van der Waals surface area contributed by atoms with Crippen molar-refractivity contribution in [2.45, 2.75) is 153 Å². The lowest BCUT2D eigenvalue weighted by Gasteiger charge is -2.31. The van der Waals surface area contributed by atoms with E-state index in [2.05, 4.69) is 73.9 Å². The first-order chi connectivity index (χ1) is 54.3. The van der Waals surface area contributed by atoms with Gasteiger partial charge in [-0.2, -0.15) is 0 Å². The van der Waals surface area contributed by atoms with Crippen molar-refractivity contribution in [3.8, 4) is 11.5 Å². The van der Waals surface area contributed by atoms with E-state index in [0.717, 1.165) is 23.0 Å². The molecular formula is C84H88ClF4N11O17. The fraction of sp³-hybridized carbons (Fsp3) is 0.333. The second-order valence-corrected chi connectivity index (χ2v) is 31.9. The number of aryl methyl sites for hydroxylation is 3. The Balaban J connectivity index is 0.000000159. The highest BCUT2D eigenvalue weighted by molar-refractivity contribution is 6.08. The summed E-state index contributed by atoms with van der Waals surface area (Å²) in [4.78, 5) is 144. The summed E-state index contributed by atoms with van der Waals surface area (Å²) in [6.45, 7) is 30.8. The smallest absolute Gasteiger partial charge is 0.272 e. The zero-order valence-corrected chi connectivity index (χ0v) is 67.9. The van der Waals surface area contributed by atoms with Gasteiger partial charge in [-0.3, -0.25) is 57.5 Å². The minimum absolute atomic E-state index is 0. The topological polar surface area (TPSA) is 409 Å². The maximum atomic E-state index is 14.6. The standard InChI is InChI=1S/2C23H24FN3O4.2C14H11FN2O4.C10H17NO.ClH/c2*1-10-6-9-14(31-10)21(23(3,4)5)27-18-17(19(28)20(18)29)26-16-13(24)8-7-12-11(2)25-22(30)15(12)16;2*1-5-6-3-4-7(15)9(8(6)14(20)16-5)17-10-11(18)12(19)13(10)21-2;1-7-5-6-8(12-7)9(11)10(2,3)4;/h2*6-9,11,21,26-27H,1-5H3,(H,25,30);2*3-5,17H,1-2H3,(H,16,20);5-6,9H,11H2,1-4H3;1H/t11-,21+;11-,21-;2*5-;9-;/m10100./s1. The SMILES string of the molecule is COc1c(Nc2c(F)ccc3c2C(=O)N[C@@H]3C)c(=O)c1=O.COc1c(Nc2c(F)ccc3c2C(=O)N[C@H]3C)c(=O)c1=O.Cc1ccc([C@H](N)C(C)(C)C)o1.Cc1ccc([C@H](Nc2c(Nc3c(F)ccc4c3C(=O)N[C@@H]4C)c(=O)c2=O)C(C)(C)C)o1.Cc1ccc([C@H](Nc2c(Nc3c(F)ccc4c3C(=O)N[C@H]4C)c(=O)c2=O)C(C)(C)C)o1.Cl. The third-order valence-electron chi connectivity index (χ3n) is 20.3. The minimum atomic E-state index is -0.796. The van der Waals surface area contributed by atoms with Crippen molar-refractivity contribution in [2.75, 3.05) is 46.1 Å². The fourth-order valence-electron chi connectivity index (χ4n) is 13.8. The third-order valence-corrected chi connectivity index (χ3v) is 20.3. The Morgan fingerprint density at radius 3 is 0.812 bits per heavy atom. The Morgan fingerprint density at radius 2 is 0.581 bits per heavy atom. The highest BCUT2D eigenvalue weighted by Gasteiger charge is 2.40. The van der Waals surface area contributed by atoms with Gasteiger partial charge in [-0.05, 0) is 148 Å². The molecule has 117 heavy (non-hydrogen) atoms. The van der Waals surface area contributed by atoms with Crippen LogP contribution < -0.4 is 112 Å². The van der Waals surface area contributed by atoms with Gasteiger partial charge >= 0.3 is 0 Å². The van der Waals surface area contributed by atoms with Crippen molar-refractivity contribution in [1.82, 2.24) is 21.3 Å². The van der Waals surface area contributed by atoms with Crippen LogP contribution in [0.2, 0.25) is 0 Å². The highest BCUT2D eigenvalue weighted by atomic mass is 35.5. The maximum absolute atomic E-state index is 14.6. The number of anilines is 10. The average molecular weight is 1640 g/mol. The zero-order valence-electron chi connectivity index (χ0n) is 67.1. The first kappa shape index (κ1) is 86.7. The number of benzene rings is 4. The molecule has 4 aliphatic heterocycles. The third kappa shape index (κ3) is 16.6. The van der Waals surface area contributed by atoms with Gasteiger partial charge in [0.1, 0.15) is 92.0 Å². The lowest BCUT2D eigenvalue weighted by Crippen LogP contribution is -2.39. The molecule has 0 unspecified atom stereocenters. The molecule has 15 rings (SSSR count). The zero-order chi connectivity index (χ0) is 85.3. The predicted molar refractivity (Wildman–Crippen MR) is 436 cm³/mol. The number of carbonyl (C=O) groups is 4. The van der Waals surface area contributed by atoms with E-state index in [-0.39, 0.29) is 149 Å². The van der Waals surface area contributed by atoms with Gasteiger partial charge in [0.15, 0.2) is 11.5 Å². The summed E-state index contributed by atoms with van der Waals surface area (Å²) in [6, 6.07) is 20.2. The van der Waals surface area contributed by atoms with Crippen molar-refractivity contribution >= 4 is 92.9 Å². The number of halogens is 5. The van der Waals surface area contributed by atoms with Crippen LogP contribution in [0.4, 0.5) is 74.4 Å². The van der Waals surface area contributed by atoms with E-state index in [0.29, 0.717) is 33.8 Å². The van der Waals surface area contributed by atoms with E-state index in [1.54, 1.807) is 27.7 Å². The first-order valence-electron chi connectivity index (χ1n) is 36.8. The van der Waals surface area contributed by atoms with Crippen LogP contribution >= 0.6 is 12.4 Å². The lowest BCUT2D eigenvalue weighted by atomic mass is 9.84. The highest BCUT2D eigenvalue weighted by Crippen LogP contribution is 2.44. The summed E-state index contributed by atoms with van der Waals surface area (Å²) in [5, 5.41) is 27.5. The largest absolute Gasteiger partial charge is 0.491 e. The molecule has 0 aliphatic carbocycles. The van der Waals surface area contributed by atoms with E-state index in [1.807, 2.05) is 98.7 Å². The average Bonchev–Trinajstić information content (AvgIpc) is 1.73. The Kier molecular flexibility index (Phi) is 24.4. The molecule has 4 amide bonds. The van der Waals surface area contributed by atoms with Crippen LogP contribution in [0, 0.1) is 60.3 Å². The van der Waals surface area contributed by atoms with Crippen molar-refractivity contribution in [1.29, 1.82) is 0 Å². The molecule has 7 heterocycles. The van der Waals surface area contributed by atoms with Gasteiger partial charge in [-0.25, -0.2) is 17.6 Å². The molecule has 28 nitrogen and oxygen atoms in total. The molecule has 3 aromatic heterocycles. The number of fused-ring (bicyclic) bond motifs is 4. The van der Waals surface area contributed by atoms with Gasteiger partial charge in [0.25, 0.3) is 67.1 Å². The number of nitrogens with two attached hydrogens (primary N) is 1. The molecule has 0 saturated heterocycles. The number of amides is 4. The van der Waals surface area contributed by atoms with Gasteiger partial charge < -0.3 is 81.6 Å². The Bertz CT molecular complexity index is 5750. The molecule has 0 saturated carbocycles. The molecule has 12 N–H and O–H groups in total. The van der Waals surface area contributed by atoms with Gasteiger partial charge in [0.2, 0.25) is 0 Å². The minimum Gasteiger partial charge on any atom is -0.491 e. The summed E-state index contributed by atoms with van der Waals surface area (Å²) >= 11 is 0. The Morgan fingerprint density at radius 1 is 0.342 bits per heavy atom. The molecule has 616 valence electrons. The van der Waals surface area contributed by atoms with E-state index >= 15 is 0 Å². The van der Waals surface area contributed by atoms with Crippen LogP contribution in [-0.2, 0) is 0 Å². The summed E-state index contributed by atoms with van der Waals surface area (Å²) in [7, 11) is 2.48. The van der Waals surface area contributed by atoms with Crippen LogP contribution in [0.3, 0.4) is 0 Å². The quantitative estimate of drug-likeness (QED) is 0.0298. The summed E-state index contributed by atoms with van der Waals surface area (Å²) in [5.74, 6) is -0.340. The number of hydrogen-bond acceptors (Lipinski definition) is 24. The summed E-state index contributed by atoms with van der Waals surface area (Å²) in [6.07, 6.45) is 0.